The van der Waals surface area contributed by atoms with Crippen molar-refractivity contribution in [3.05, 3.63) is 91.1 Å². The van der Waals surface area contributed by atoms with E-state index in [2.05, 4.69) is 117 Å². The summed E-state index contributed by atoms with van der Waals surface area (Å²) < 4.78 is 12.9. The van der Waals surface area contributed by atoms with Crippen LogP contribution in [0, 0.1) is 0 Å². The number of unbranched alkanes of at least 4 members (excludes halogenated alkanes) is 2. The highest BCUT2D eigenvalue weighted by Crippen LogP contribution is 2.24. The fraction of sp³-hybridized carbons (Fsp3) is 0.344. The maximum atomic E-state index is 5.37. The molecule has 4 aromatic rings. The molecule has 0 amide bonds. The Morgan fingerprint density at radius 1 is 0.639 bits per heavy atom. The summed E-state index contributed by atoms with van der Waals surface area (Å²) in [4.78, 5) is 0. The molecule has 0 saturated heterocycles. The van der Waals surface area contributed by atoms with Crippen molar-refractivity contribution >= 4 is 28.0 Å². The molecule has 0 N–H and O–H groups in total. The van der Waals surface area contributed by atoms with Gasteiger partial charge in [0.1, 0.15) is 18.5 Å². The normalized spacial score (nSPS) is 11.0. The Labute approximate surface area is 218 Å². The van der Waals surface area contributed by atoms with Gasteiger partial charge in [0, 0.05) is 17.5 Å². The molecule has 0 saturated carbocycles. The van der Waals surface area contributed by atoms with Crippen molar-refractivity contribution in [1.82, 2.24) is 0 Å². The molecule has 1 heterocycles. The number of methoxy groups -OCH3 is 2. The number of benzene rings is 3. The minimum atomic E-state index is -0.764. The second-order valence-corrected chi connectivity index (χ2v) is 9.76. The molecule has 0 unspecified atom stereocenters. The van der Waals surface area contributed by atoms with Crippen LogP contribution in [0.1, 0.15) is 39.5 Å². The van der Waals surface area contributed by atoms with E-state index < -0.39 is 6.15 Å². The summed E-state index contributed by atoms with van der Waals surface area (Å²) in [5.41, 5.74) is 4.18. The van der Waals surface area contributed by atoms with Gasteiger partial charge in [0.25, 0.3) is 0 Å². The van der Waals surface area contributed by atoms with Gasteiger partial charge >= 0.3 is 0 Å². The summed E-state index contributed by atoms with van der Waals surface area (Å²) in [7, 11) is 5.51. The number of fused-ring (bicyclic) bond motifs is 1. The van der Waals surface area contributed by atoms with E-state index in [4.69, 9.17) is 9.47 Å². The highest BCUT2D eigenvalue weighted by Gasteiger charge is 2.27. The molecule has 0 aliphatic rings. The van der Waals surface area contributed by atoms with E-state index in [1.807, 2.05) is 0 Å². The van der Waals surface area contributed by atoms with Gasteiger partial charge in [0.2, 0.25) is 5.52 Å². The molecule has 0 atom stereocenters. The number of hydrogen-bond donors (Lipinski definition) is 0. The standard InChI is InChI=1S/C22H32BO2.C10H10N/c1-5-7-17-23(18-8-6-2,19-9-13-21(24-3)14-10-19)20-11-15-22(25-4)16-12-20;1-11-8-4-6-9-5-2-3-7-10(9)11/h9-16H,5-8,17-18H2,1-4H3;2-8H,1H3/q-1;+1. The van der Waals surface area contributed by atoms with Crippen LogP contribution >= 0.6 is 0 Å². The molecule has 0 bridgehead atoms. The molecule has 4 rings (SSSR count). The molecule has 3 nitrogen and oxygen atoms in total. The molecule has 4 heteroatoms. The van der Waals surface area contributed by atoms with Gasteiger partial charge in [-0.3, -0.25) is 0 Å². The highest BCUT2D eigenvalue weighted by atomic mass is 16.5. The van der Waals surface area contributed by atoms with E-state index in [9.17, 15) is 0 Å². The highest BCUT2D eigenvalue weighted by molar-refractivity contribution is 7.02. The van der Waals surface area contributed by atoms with Gasteiger partial charge in [-0.05, 0) is 36.4 Å². The van der Waals surface area contributed by atoms with Crippen molar-refractivity contribution < 1.29 is 14.0 Å². The van der Waals surface area contributed by atoms with Crippen molar-refractivity contribution in [3.8, 4) is 11.5 Å². The minimum Gasteiger partial charge on any atom is -0.497 e. The summed E-state index contributed by atoms with van der Waals surface area (Å²) in [6.07, 6.45) is 8.71. The van der Waals surface area contributed by atoms with Gasteiger partial charge in [-0.15, -0.1) is 0 Å². The lowest BCUT2D eigenvalue weighted by atomic mass is 9.15. The maximum absolute atomic E-state index is 5.37. The Hall–Kier alpha value is -3.27. The van der Waals surface area contributed by atoms with Crippen LogP contribution in [0.3, 0.4) is 0 Å². The molecular weight excluding hydrogens is 441 g/mol. The number of aryl methyl sites for hydroxylation is 1. The van der Waals surface area contributed by atoms with Gasteiger partial charge in [-0.25, -0.2) is 15.5 Å². The van der Waals surface area contributed by atoms with Crippen LogP contribution in [0.15, 0.2) is 91.1 Å². The first-order valence-corrected chi connectivity index (χ1v) is 13.4. The number of aromatic nitrogens is 1. The molecule has 190 valence electrons. The number of para-hydroxylation sites is 1. The first kappa shape index (κ1) is 27.3. The Bertz CT molecular complexity index is 1130. The second kappa shape index (κ2) is 13.7. The monoisotopic (exact) mass is 483 g/mol. The molecule has 0 aliphatic heterocycles. The third kappa shape index (κ3) is 6.69. The van der Waals surface area contributed by atoms with Crippen molar-refractivity contribution in [2.45, 2.75) is 52.2 Å². The van der Waals surface area contributed by atoms with Crippen molar-refractivity contribution in [2.75, 3.05) is 14.2 Å². The molecule has 1 aromatic heterocycles. The Morgan fingerprint density at radius 2 is 1.11 bits per heavy atom. The summed E-state index contributed by atoms with van der Waals surface area (Å²) in [5.74, 6) is 1.85. The van der Waals surface area contributed by atoms with Gasteiger partial charge in [0.05, 0.1) is 20.4 Å². The first-order valence-electron chi connectivity index (χ1n) is 13.4. The predicted molar refractivity (Wildman–Crippen MR) is 156 cm³/mol. The van der Waals surface area contributed by atoms with Gasteiger partial charge in [0.15, 0.2) is 6.20 Å². The third-order valence-corrected chi connectivity index (χ3v) is 7.51. The molecule has 0 spiro atoms. The van der Waals surface area contributed by atoms with Crippen LogP contribution in [-0.2, 0) is 7.05 Å². The topological polar surface area (TPSA) is 22.3 Å². The van der Waals surface area contributed by atoms with E-state index in [1.54, 1.807) is 14.2 Å². The molecule has 0 aliphatic carbocycles. The second-order valence-electron chi connectivity index (χ2n) is 9.76. The van der Waals surface area contributed by atoms with Gasteiger partial charge in [-0.2, -0.15) is 12.6 Å². The largest absolute Gasteiger partial charge is 0.497 e. The van der Waals surface area contributed by atoms with Crippen molar-refractivity contribution in [1.29, 1.82) is 0 Å². The lowest BCUT2D eigenvalue weighted by Gasteiger charge is -2.42. The zero-order valence-corrected chi connectivity index (χ0v) is 22.7. The molecular formula is C32H42BNO2. The van der Waals surface area contributed by atoms with E-state index >= 15 is 0 Å². The van der Waals surface area contributed by atoms with E-state index in [-0.39, 0.29) is 0 Å². The molecule has 0 radical (unpaired) electrons. The van der Waals surface area contributed by atoms with Crippen LogP contribution < -0.4 is 25.0 Å². The Balaban J connectivity index is 0.000000270. The van der Waals surface area contributed by atoms with Crippen molar-refractivity contribution in [3.63, 3.8) is 0 Å². The summed E-state index contributed by atoms with van der Waals surface area (Å²) in [6, 6.07) is 30.0. The van der Waals surface area contributed by atoms with Crippen molar-refractivity contribution in [2.24, 2.45) is 7.05 Å². The van der Waals surface area contributed by atoms with Crippen LogP contribution in [0.4, 0.5) is 0 Å². The van der Waals surface area contributed by atoms with E-state index in [1.165, 1.54) is 60.2 Å². The van der Waals surface area contributed by atoms with Gasteiger partial charge < -0.3 is 9.47 Å². The zero-order chi connectivity index (χ0) is 25.8. The average Bonchev–Trinajstić information content (AvgIpc) is 2.94. The Morgan fingerprint density at radius 3 is 1.56 bits per heavy atom. The summed E-state index contributed by atoms with van der Waals surface area (Å²) >= 11 is 0. The fourth-order valence-electron chi connectivity index (χ4n) is 5.36. The van der Waals surface area contributed by atoms with Crippen LogP contribution in [0.5, 0.6) is 11.5 Å². The third-order valence-electron chi connectivity index (χ3n) is 7.51. The number of rotatable bonds is 10. The summed E-state index contributed by atoms with van der Waals surface area (Å²) in [5, 5.41) is 1.29. The average molecular weight is 484 g/mol. The Kier molecular flexibility index (Phi) is 10.4. The van der Waals surface area contributed by atoms with E-state index in [0.717, 1.165) is 11.5 Å². The van der Waals surface area contributed by atoms with Gasteiger partial charge in [-0.1, -0.05) is 75.9 Å². The lowest BCUT2D eigenvalue weighted by Crippen LogP contribution is -2.58. The fourth-order valence-corrected chi connectivity index (χ4v) is 5.36. The van der Waals surface area contributed by atoms with Crippen LogP contribution in [0.2, 0.25) is 12.6 Å². The number of hydrogen-bond acceptors (Lipinski definition) is 2. The predicted octanol–water partition coefficient (Wildman–Crippen LogP) is 6.53. The number of nitrogens with zero attached hydrogens (tertiary/aromatic N) is 1. The minimum absolute atomic E-state index is 0.764. The quantitative estimate of drug-likeness (QED) is 0.189. The lowest BCUT2D eigenvalue weighted by molar-refractivity contribution is -0.644. The first-order chi connectivity index (χ1) is 17.6. The molecule has 0 fully saturated rings. The summed E-state index contributed by atoms with van der Waals surface area (Å²) in [6.45, 7) is 4.56. The zero-order valence-electron chi connectivity index (χ0n) is 22.7. The molecule has 3 aromatic carbocycles. The maximum Gasteiger partial charge on any atom is 0.212 e. The SMILES string of the molecule is CCCC[B-](CCCC)(c1ccc(OC)cc1)c1ccc(OC)cc1.C[n+]1cccc2ccccc21. The number of ether oxygens (including phenoxy) is 2. The number of pyridine rings is 1. The molecule has 36 heavy (non-hydrogen) atoms. The van der Waals surface area contributed by atoms with Crippen LogP contribution in [-0.4, -0.2) is 20.4 Å². The van der Waals surface area contributed by atoms with Crippen LogP contribution in [0.25, 0.3) is 10.9 Å². The smallest absolute Gasteiger partial charge is 0.212 e. The van der Waals surface area contributed by atoms with E-state index in [0.29, 0.717) is 0 Å².